The van der Waals surface area contributed by atoms with Gasteiger partial charge in [-0.05, 0) is 41.9 Å². The number of halogens is 2. The van der Waals surface area contributed by atoms with E-state index in [4.69, 9.17) is 16.3 Å². The van der Waals surface area contributed by atoms with Gasteiger partial charge in [0, 0.05) is 18.3 Å². The molecule has 1 aromatic carbocycles. The van der Waals surface area contributed by atoms with E-state index < -0.39 is 0 Å². The second-order valence-corrected chi connectivity index (χ2v) is 5.56. The smallest absolute Gasteiger partial charge is 0.139 e. The van der Waals surface area contributed by atoms with Crippen LogP contribution in [-0.2, 0) is 13.1 Å². The Morgan fingerprint density at radius 2 is 2.20 bits per heavy atom. The van der Waals surface area contributed by atoms with Crippen LogP contribution in [0.5, 0.6) is 5.75 Å². The summed E-state index contributed by atoms with van der Waals surface area (Å²) in [5.74, 6) is 0.663. The zero-order valence-corrected chi connectivity index (χ0v) is 14.0. The second kappa shape index (κ2) is 6.50. The van der Waals surface area contributed by atoms with Gasteiger partial charge < -0.3 is 10.1 Å². The van der Waals surface area contributed by atoms with Gasteiger partial charge in [0.25, 0.3) is 0 Å². The fourth-order valence-corrected chi connectivity index (χ4v) is 2.61. The molecule has 0 amide bonds. The molecule has 0 aliphatic rings. The van der Waals surface area contributed by atoms with E-state index in [2.05, 4.69) is 33.3 Å². The summed E-state index contributed by atoms with van der Waals surface area (Å²) in [5.41, 5.74) is 3.08. The predicted octanol–water partition coefficient (Wildman–Crippen LogP) is 4.25. The first kappa shape index (κ1) is 15.2. The van der Waals surface area contributed by atoms with Gasteiger partial charge in [0.05, 0.1) is 34.5 Å². The lowest BCUT2D eigenvalue weighted by Crippen LogP contribution is -2.08. The molecule has 20 heavy (non-hydrogen) atoms. The third-order valence-electron chi connectivity index (χ3n) is 3.06. The summed E-state index contributed by atoms with van der Waals surface area (Å²) in [6, 6.07) is 5.63. The van der Waals surface area contributed by atoms with Gasteiger partial charge in [0.2, 0.25) is 0 Å². The van der Waals surface area contributed by atoms with Crippen molar-refractivity contribution in [2.75, 3.05) is 12.4 Å². The zero-order chi connectivity index (χ0) is 14.7. The van der Waals surface area contributed by atoms with Gasteiger partial charge in [-0.1, -0.05) is 11.6 Å². The van der Waals surface area contributed by atoms with Crippen LogP contribution in [0.15, 0.2) is 22.7 Å². The van der Waals surface area contributed by atoms with Crippen LogP contribution in [0.1, 0.15) is 18.3 Å². The largest absolute Gasteiger partial charge is 0.495 e. The van der Waals surface area contributed by atoms with Crippen molar-refractivity contribution >= 4 is 33.2 Å². The third kappa shape index (κ3) is 3.10. The van der Waals surface area contributed by atoms with Crippen LogP contribution >= 0.6 is 27.5 Å². The molecular weight excluding hydrogens is 342 g/mol. The highest BCUT2D eigenvalue weighted by Crippen LogP contribution is 2.28. The molecule has 0 saturated heterocycles. The van der Waals surface area contributed by atoms with E-state index in [1.54, 1.807) is 7.11 Å². The molecule has 6 heteroatoms. The van der Waals surface area contributed by atoms with E-state index in [0.29, 0.717) is 17.3 Å². The molecule has 0 aliphatic carbocycles. The molecule has 0 fully saturated rings. The van der Waals surface area contributed by atoms with Crippen molar-refractivity contribution < 1.29 is 4.74 Å². The lowest BCUT2D eigenvalue weighted by Gasteiger charge is -2.10. The van der Waals surface area contributed by atoms with Gasteiger partial charge in [-0.3, -0.25) is 4.68 Å². The molecule has 0 bridgehead atoms. The van der Waals surface area contributed by atoms with Crippen molar-refractivity contribution in [2.24, 2.45) is 0 Å². The Bertz CT molecular complexity index is 613. The number of aromatic nitrogens is 2. The number of anilines is 1. The quantitative estimate of drug-likeness (QED) is 0.868. The Kier molecular flexibility index (Phi) is 4.94. The van der Waals surface area contributed by atoms with Gasteiger partial charge in [-0.25, -0.2) is 0 Å². The van der Waals surface area contributed by atoms with Crippen molar-refractivity contribution in [1.82, 2.24) is 9.78 Å². The number of rotatable bonds is 5. The fourth-order valence-electron chi connectivity index (χ4n) is 1.99. The molecule has 0 aliphatic heterocycles. The van der Waals surface area contributed by atoms with Gasteiger partial charge in [0.15, 0.2) is 0 Å². The molecule has 0 unspecified atom stereocenters. The van der Waals surface area contributed by atoms with Crippen molar-refractivity contribution in [2.45, 2.75) is 26.9 Å². The van der Waals surface area contributed by atoms with Crippen LogP contribution in [0.4, 0.5) is 5.69 Å². The summed E-state index contributed by atoms with van der Waals surface area (Å²) in [5, 5.41) is 8.44. The second-order valence-electron chi connectivity index (χ2n) is 4.36. The number of hydrogen-bond acceptors (Lipinski definition) is 3. The standard InChI is InChI=1S/C14H17BrClN3O/c1-4-19-12(14(15)9(2)18-19)8-17-10-5-6-11(16)13(7-10)20-3/h5-7,17H,4,8H2,1-3H3. The molecule has 4 nitrogen and oxygen atoms in total. The topological polar surface area (TPSA) is 39.1 Å². The predicted molar refractivity (Wildman–Crippen MR) is 85.7 cm³/mol. The average molecular weight is 359 g/mol. The Balaban J connectivity index is 2.16. The summed E-state index contributed by atoms with van der Waals surface area (Å²) < 4.78 is 8.25. The average Bonchev–Trinajstić information content (AvgIpc) is 2.73. The van der Waals surface area contributed by atoms with Crippen LogP contribution in [0.25, 0.3) is 0 Å². The summed E-state index contributed by atoms with van der Waals surface area (Å²) in [6.45, 7) is 5.59. The molecule has 0 spiro atoms. The number of nitrogens with zero attached hydrogens (tertiary/aromatic N) is 2. The van der Waals surface area contributed by atoms with Crippen molar-refractivity contribution in [1.29, 1.82) is 0 Å². The van der Waals surface area contributed by atoms with E-state index in [1.165, 1.54) is 0 Å². The Labute approximate surface area is 132 Å². The molecule has 0 atom stereocenters. The van der Waals surface area contributed by atoms with Crippen LogP contribution in [-0.4, -0.2) is 16.9 Å². The molecule has 1 aromatic heterocycles. The molecule has 1 N–H and O–H groups in total. The number of nitrogens with one attached hydrogen (secondary N) is 1. The number of aryl methyl sites for hydroxylation is 2. The van der Waals surface area contributed by atoms with E-state index in [0.717, 1.165) is 28.1 Å². The summed E-state index contributed by atoms with van der Waals surface area (Å²) >= 11 is 9.60. The van der Waals surface area contributed by atoms with E-state index >= 15 is 0 Å². The number of benzene rings is 1. The highest BCUT2D eigenvalue weighted by Gasteiger charge is 2.12. The monoisotopic (exact) mass is 357 g/mol. The van der Waals surface area contributed by atoms with E-state index in [9.17, 15) is 0 Å². The van der Waals surface area contributed by atoms with Gasteiger partial charge in [-0.2, -0.15) is 5.10 Å². The van der Waals surface area contributed by atoms with Crippen molar-refractivity contribution in [3.8, 4) is 5.75 Å². The fraction of sp³-hybridized carbons (Fsp3) is 0.357. The SMILES string of the molecule is CCn1nc(C)c(Br)c1CNc1ccc(Cl)c(OC)c1. The van der Waals surface area contributed by atoms with Crippen LogP contribution < -0.4 is 10.1 Å². The summed E-state index contributed by atoms with van der Waals surface area (Å²) in [7, 11) is 1.61. The molecule has 0 radical (unpaired) electrons. The molecule has 1 heterocycles. The van der Waals surface area contributed by atoms with Crippen molar-refractivity contribution in [3.63, 3.8) is 0 Å². The normalized spacial score (nSPS) is 10.7. The first-order valence-electron chi connectivity index (χ1n) is 6.36. The molecule has 2 rings (SSSR count). The molecular formula is C14H17BrClN3O. The first-order valence-corrected chi connectivity index (χ1v) is 7.53. The molecule has 108 valence electrons. The Morgan fingerprint density at radius 3 is 2.85 bits per heavy atom. The maximum atomic E-state index is 6.02. The zero-order valence-electron chi connectivity index (χ0n) is 11.7. The van der Waals surface area contributed by atoms with E-state index in [-0.39, 0.29) is 0 Å². The minimum Gasteiger partial charge on any atom is -0.495 e. The van der Waals surface area contributed by atoms with E-state index in [1.807, 2.05) is 29.8 Å². The van der Waals surface area contributed by atoms with Gasteiger partial charge in [0.1, 0.15) is 5.75 Å². The number of methoxy groups -OCH3 is 1. The maximum absolute atomic E-state index is 6.02. The minimum atomic E-state index is 0.605. The lowest BCUT2D eigenvalue weighted by atomic mass is 10.3. The molecule has 2 aromatic rings. The summed E-state index contributed by atoms with van der Waals surface area (Å²) in [4.78, 5) is 0. The van der Waals surface area contributed by atoms with Crippen molar-refractivity contribution in [3.05, 3.63) is 39.1 Å². The Hall–Kier alpha value is -1.20. The number of ether oxygens (including phenoxy) is 1. The summed E-state index contributed by atoms with van der Waals surface area (Å²) in [6.07, 6.45) is 0. The maximum Gasteiger partial charge on any atom is 0.139 e. The minimum absolute atomic E-state index is 0.605. The highest BCUT2D eigenvalue weighted by molar-refractivity contribution is 9.10. The third-order valence-corrected chi connectivity index (χ3v) is 4.41. The Morgan fingerprint density at radius 1 is 1.45 bits per heavy atom. The first-order chi connectivity index (χ1) is 9.56. The molecule has 0 saturated carbocycles. The van der Waals surface area contributed by atoms with Crippen LogP contribution in [0, 0.1) is 6.92 Å². The van der Waals surface area contributed by atoms with Crippen LogP contribution in [0.2, 0.25) is 5.02 Å². The van der Waals surface area contributed by atoms with Gasteiger partial charge in [-0.15, -0.1) is 0 Å². The lowest BCUT2D eigenvalue weighted by molar-refractivity contribution is 0.415. The van der Waals surface area contributed by atoms with Gasteiger partial charge >= 0.3 is 0 Å². The highest BCUT2D eigenvalue weighted by atomic mass is 79.9. The number of hydrogen-bond donors (Lipinski definition) is 1. The van der Waals surface area contributed by atoms with Crippen LogP contribution in [0.3, 0.4) is 0 Å².